The average molecular weight is 227 g/mol. The number of nitrogens with zero attached hydrogens (tertiary/aromatic N) is 1. The van der Waals surface area contributed by atoms with Crippen molar-refractivity contribution < 1.29 is 15.0 Å². The molecule has 92 valence electrons. The molecule has 4 heteroatoms. The number of hydrogen-bond acceptors (Lipinski definition) is 3. The van der Waals surface area contributed by atoms with Gasteiger partial charge in [-0.15, -0.1) is 0 Å². The van der Waals surface area contributed by atoms with Gasteiger partial charge < -0.3 is 10.2 Å². The smallest absolute Gasteiger partial charge is 0.308 e. The molecule has 2 aliphatic rings. The van der Waals surface area contributed by atoms with Crippen molar-refractivity contribution in [2.45, 2.75) is 50.6 Å². The normalized spacial score (nSPS) is 35.7. The Kier molecular flexibility index (Phi) is 3.82. The number of aliphatic carboxylic acids is 1. The fourth-order valence-electron chi connectivity index (χ4n) is 3.09. The van der Waals surface area contributed by atoms with Gasteiger partial charge in [-0.2, -0.15) is 0 Å². The van der Waals surface area contributed by atoms with E-state index in [1.54, 1.807) is 0 Å². The van der Waals surface area contributed by atoms with E-state index in [0.717, 1.165) is 32.2 Å². The molecule has 2 fully saturated rings. The summed E-state index contributed by atoms with van der Waals surface area (Å²) in [6.45, 7) is 1.23. The maximum absolute atomic E-state index is 11.0. The molecular formula is C12H21NO3. The molecule has 3 unspecified atom stereocenters. The van der Waals surface area contributed by atoms with Gasteiger partial charge >= 0.3 is 5.97 Å². The monoisotopic (exact) mass is 227 g/mol. The first-order chi connectivity index (χ1) is 7.74. The summed E-state index contributed by atoms with van der Waals surface area (Å²) >= 11 is 0. The van der Waals surface area contributed by atoms with Crippen molar-refractivity contribution in [3.05, 3.63) is 0 Å². The van der Waals surface area contributed by atoms with E-state index in [9.17, 15) is 4.79 Å². The number of carbonyl (C=O) groups is 1. The first kappa shape index (κ1) is 11.9. The van der Waals surface area contributed by atoms with Crippen LogP contribution in [0.15, 0.2) is 0 Å². The summed E-state index contributed by atoms with van der Waals surface area (Å²) in [6, 6.07) is 0.639. The minimum atomic E-state index is -0.649. The van der Waals surface area contributed by atoms with Crippen LogP contribution < -0.4 is 0 Å². The van der Waals surface area contributed by atoms with Gasteiger partial charge in [0.05, 0.1) is 5.92 Å². The summed E-state index contributed by atoms with van der Waals surface area (Å²) in [5, 5.41) is 18.1. The van der Waals surface area contributed by atoms with E-state index in [4.69, 9.17) is 10.2 Å². The van der Waals surface area contributed by atoms with Crippen LogP contribution in [0.2, 0.25) is 0 Å². The van der Waals surface area contributed by atoms with E-state index in [1.165, 1.54) is 12.8 Å². The minimum absolute atomic E-state index is 0.167. The van der Waals surface area contributed by atoms with Crippen LogP contribution >= 0.6 is 0 Å². The summed E-state index contributed by atoms with van der Waals surface area (Å²) < 4.78 is 0. The van der Waals surface area contributed by atoms with Gasteiger partial charge in [-0.05, 0) is 38.6 Å². The summed E-state index contributed by atoms with van der Waals surface area (Å²) in [7, 11) is 0. The number of carboxylic acid groups (broad SMARTS) is 1. The molecule has 1 heterocycles. The summed E-state index contributed by atoms with van der Waals surface area (Å²) in [5.74, 6) is -0.816. The largest absolute Gasteiger partial charge is 0.481 e. The zero-order valence-electron chi connectivity index (χ0n) is 9.64. The number of likely N-dealkylation sites (tertiary alicyclic amines) is 1. The number of aliphatic hydroxyl groups excluding tert-OH is 1. The molecule has 2 rings (SSSR count). The van der Waals surface area contributed by atoms with Crippen molar-refractivity contribution in [2.24, 2.45) is 5.92 Å². The van der Waals surface area contributed by atoms with Crippen LogP contribution in [0.3, 0.4) is 0 Å². The van der Waals surface area contributed by atoms with Crippen LogP contribution in [-0.2, 0) is 4.79 Å². The van der Waals surface area contributed by atoms with Crippen molar-refractivity contribution in [3.8, 4) is 0 Å². The lowest BCUT2D eigenvalue weighted by Gasteiger charge is -2.48. The lowest BCUT2D eigenvalue weighted by Crippen LogP contribution is -2.55. The lowest BCUT2D eigenvalue weighted by atomic mass is 9.76. The quantitative estimate of drug-likeness (QED) is 0.754. The second kappa shape index (κ2) is 5.15. The Balaban J connectivity index is 1.97. The van der Waals surface area contributed by atoms with Crippen LogP contribution in [0.1, 0.15) is 38.5 Å². The topological polar surface area (TPSA) is 60.8 Å². The van der Waals surface area contributed by atoms with Gasteiger partial charge in [0.15, 0.2) is 0 Å². The molecule has 0 bridgehead atoms. The second-order valence-corrected chi connectivity index (χ2v) is 4.99. The van der Waals surface area contributed by atoms with Gasteiger partial charge in [0.2, 0.25) is 0 Å². The first-order valence-electron chi connectivity index (χ1n) is 6.33. The van der Waals surface area contributed by atoms with E-state index >= 15 is 0 Å². The molecule has 0 spiro atoms. The lowest BCUT2D eigenvalue weighted by molar-refractivity contribution is -0.150. The summed E-state index contributed by atoms with van der Waals surface area (Å²) in [6.07, 6.45) is 6.13. The maximum Gasteiger partial charge on any atom is 0.308 e. The Bertz CT molecular complexity index is 255. The average Bonchev–Trinajstić information content (AvgIpc) is 2.18. The zero-order valence-corrected chi connectivity index (χ0v) is 9.64. The highest BCUT2D eigenvalue weighted by atomic mass is 16.4. The molecular weight excluding hydrogens is 206 g/mol. The van der Waals surface area contributed by atoms with Crippen molar-refractivity contribution in [1.29, 1.82) is 0 Å². The van der Waals surface area contributed by atoms with E-state index in [0.29, 0.717) is 6.04 Å². The Hall–Kier alpha value is -0.610. The van der Waals surface area contributed by atoms with Gasteiger partial charge in [0.1, 0.15) is 0 Å². The van der Waals surface area contributed by atoms with Gasteiger partial charge in [-0.1, -0.05) is 6.42 Å². The summed E-state index contributed by atoms with van der Waals surface area (Å²) in [5.41, 5.74) is 0. The molecule has 0 radical (unpaired) electrons. The van der Waals surface area contributed by atoms with Crippen LogP contribution in [0, 0.1) is 5.92 Å². The van der Waals surface area contributed by atoms with Crippen molar-refractivity contribution in [3.63, 3.8) is 0 Å². The number of aliphatic hydroxyl groups is 1. The molecule has 0 aromatic heterocycles. The molecule has 2 N–H and O–H groups in total. The zero-order chi connectivity index (χ0) is 11.5. The third-order valence-electron chi connectivity index (χ3n) is 4.12. The maximum atomic E-state index is 11.0. The number of hydrogen-bond donors (Lipinski definition) is 2. The molecule has 0 aromatic carbocycles. The van der Waals surface area contributed by atoms with E-state index < -0.39 is 5.97 Å². The van der Waals surface area contributed by atoms with Crippen LogP contribution in [-0.4, -0.2) is 46.3 Å². The molecule has 4 nitrogen and oxygen atoms in total. The number of carboxylic acids is 1. The van der Waals surface area contributed by atoms with Crippen molar-refractivity contribution >= 4 is 5.97 Å². The Morgan fingerprint density at radius 3 is 2.62 bits per heavy atom. The molecule has 16 heavy (non-hydrogen) atoms. The third kappa shape index (κ3) is 2.23. The van der Waals surface area contributed by atoms with Crippen LogP contribution in [0.25, 0.3) is 0 Å². The molecule has 0 amide bonds. The predicted molar refractivity (Wildman–Crippen MR) is 60.2 cm³/mol. The summed E-state index contributed by atoms with van der Waals surface area (Å²) in [4.78, 5) is 13.4. The Morgan fingerprint density at radius 2 is 2.06 bits per heavy atom. The minimum Gasteiger partial charge on any atom is -0.481 e. The van der Waals surface area contributed by atoms with Gasteiger partial charge in [-0.25, -0.2) is 0 Å². The molecule has 1 aliphatic heterocycles. The molecule has 1 saturated heterocycles. The fourth-order valence-corrected chi connectivity index (χ4v) is 3.09. The molecule has 1 saturated carbocycles. The van der Waals surface area contributed by atoms with E-state index in [2.05, 4.69) is 4.90 Å². The Labute approximate surface area is 96.3 Å². The van der Waals surface area contributed by atoms with E-state index in [-0.39, 0.29) is 18.6 Å². The molecule has 1 aliphatic carbocycles. The number of piperidine rings is 1. The van der Waals surface area contributed by atoms with Crippen molar-refractivity contribution in [1.82, 2.24) is 4.90 Å². The highest BCUT2D eigenvalue weighted by Gasteiger charge is 2.42. The molecule has 3 atom stereocenters. The van der Waals surface area contributed by atoms with Crippen LogP contribution in [0.5, 0.6) is 0 Å². The molecule has 0 aromatic rings. The fraction of sp³-hybridized carbons (Fsp3) is 0.917. The highest BCUT2D eigenvalue weighted by molar-refractivity contribution is 5.72. The van der Waals surface area contributed by atoms with Gasteiger partial charge in [0.25, 0.3) is 0 Å². The Morgan fingerprint density at radius 1 is 1.25 bits per heavy atom. The second-order valence-electron chi connectivity index (χ2n) is 4.99. The highest BCUT2D eigenvalue weighted by Crippen LogP contribution is 2.36. The first-order valence-corrected chi connectivity index (χ1v) is 6.33. The predicted octanol–water partition coefficient (Wildman–Crippen LogP) is 1.09. The van der Waals surface area contributed by atoms with Crippen LogP contribution in [0.4, 0.5) is 0 Å². The number of rotatable bonds is 4. The van der Waals surface area contributed by atoms with E-state index in [1.807, 2.05) is 0 Å². The van der Waals surface area contributed by atoms with Gasteiger partial charge in [0, 0.05) is 18.7 Å². The van der Waals surface area contributed by atoms with Gasteiger partial charge in [-0.3, -0.25) is 9.69 Å². The standard InChI is InChI=1S/C12H21NO3/c14-8-6-9-3-1-2-7-13(9)11-5-4-10(11)12(15)16/h9-11,14H,1-8H2,(H,15,16). The third-order valence-corrected chi connectivity index (χ3v) is 4.12. The van der Waals surface area contributed by atoms with Crippen molar-refractivity contribution in [2.75, 3.05) is 13.2 Å². The SMILES string of the molecule is O=C(O)C1CCC1N1CCCCC1CCO.